The lowest BCUT2D eigenvalue weighted by atomic mass is 10.0. The Morgan fingerprint density at radius 3 is 2.15 bits per heavy atom. The molecule has 0 unspecified atom stereocenters. The van der Waals surface area contributed by atoms with Crippen LogP contribution in [0.5, 0.6) is 0 Å². The van der Waals surface area contributed by atoms with Gasteiger partial charge in [-0.3, -0.25) is 4.79 Å². The van der Waals surface area contributed by atoms with Crippen molar-refractivity contribution in [1.82, 2.24) is 5.32 Å². The van der Waals surface area contributed by atoms with E-state index in [0.29, 0.717) is 11.3 Å². The van der Waals surface area contributed by atoms with Crippen molar-refractivity contribution < 1.29 is 23.1 Å². The van der Waals surface area contributed by atoms with Crippen LogP contribution in [0.4, 0.5) is 18.9 Å². The zero-order valence-electron chi connectivity index (χ0n) is 15.1. The fraction of sp³-hybridized carbons (Fsp3) is 0.350. The number of halogens is 3. The number of rotatable bonds is 7. The van der Waals surface area contributed by atoms with Crippen molar-refractivity contribution in [3.8, 4) is 0 Å². The SMILES string of the molecule is CC(C)[C@H](CNC(=O)[C@@H](O)c1ccccc1)Nc1ccc(C(F)(F)F)cc1. The van der Waals surface area contributed by atoms with Crippen molar-refractivity contribution in [2.24, 2.45) is 5.92 Å². The van der Waals surface area contributed by atoms with Crippen LogP contribution in [0.1, 0.15) is 31.1 Å². The van der Waals surface area contributed by atoms with E-state index in [0.717, 1.165) is 12.1 Å². The van der Waals surface area contributed by atoms with Crippen LogP contribution in [-0.2, 0) is 11.0 Å². The van der Waals surface area contributed by atoms with Crippen molar-refractivity contribution in [2.75, 3.05) is 11.9 Å². The maximum atomic E-state index is 12.6. The minimum absolute atomic E-state index is 0.0986. The number of aliphatic hydroxyl groups is 1. The fourth-order valence-electron chi connectivity index (χ4n) is 2.52. The summed E-state index contributed by atoms with van der Waals surface area (Å²) in [6, 6.07) is 13.1. The Labute approximate surface area is 156 Å². The predicted molar refractivity (Wildman–Crippen MR) is 98.1 cm³/mol. The van der Waals surface area contributed by atoms with Crippen LogP contribution in [0.3, 0.4) is 0 Å². The highest BCUT2D eigenvalue weighted by Gasteiger charge is 2.30. The average Bonchev–Trinajstić information content (AvgIpc) is 2.64. The third-order valence-corrected chi connectivity index (χ3v) is 4.23. The highest BCUT2D eigenvalue weighted by Crippen LogP contribution is 2.30. The second kappa shape index (κ2) is 8.90. The largest absolute Gasteiger partial charge is 0.416 e. The molecule has 0 aliphatic heterocycles. The number of hydrogen-bond donors (Lipinski definition) is 3. The van der Waals surface area contributed by atoms with Crippen LogP contribution in [-0.4, -0.2) is 23.6 Å². The van der Waals surface area contributed by atoms with Gasteiger partial charge in [0.15, 0.2) is 6.10 Å². The van der Waals surface area contributed by atoms with E-state index in [1.165, 1.54) is 12.1 Å². The molecule has 0 radical (unpaired) electrons. The van der Waals surface area contributed by atoms with Gasteiger partial charge in [-0.2, -0.15) is 13.2 Å². The second-order valence-electron chi connectivity index (χ2n) is 6.63. The van der Waals surface area contributed by atoms with E-state index in [1.54, 1.807) is 30.3 Å². The summed E-state index contributed by atoms with van der Waals surface area (Å²) in [5, 5.41) is 15.9. The van der Waals surface area contributed by atoms with E-state index in [2.05, 4.69) is 10.6 Å². The zero-order valence-corrected chi connectivity index (χ0v) is 15.1. The highest BCUT2D eigenvalue weighted by molar-refractivity contribution is 5.81. The summed E-state index contributed by atoms with van der Waals surface area (Å²) in [4.78, 5) is 12.2. The van der Waals surface area contributed by atoms with Gasteiger partial charge in [0.2, 0.25) is 0 Å². The Hall–Kier alpha value is -2.54. The van der Waals surface area contributed by atoms with Gasteiger partial charge in [0.25, 0.3) is 5.91 Å². The summed E-state index contributed by atoms with van der Waals surface area (Å²) >= 11 is 0. The minimum atomic E-state index is -4.38. The number of anilines is 1. The Morgan fingerprint density at radius 1 is 1.04 bits per heavy atom. The van der Waals surface area contributed by atoms with Crippen molar-refractivity contribution in [3.63, 3.8) is 0 Å². The number of aliphatic hydroxyl groups excluding tert-OH is 1. The van der Waals surface area contributed by atoms with Crippen LogP contribution < -0.4 is 10.6 Å². The van der Waals surface area contributed by atoms with E-state index < -0.39 is 23.8 Å². The summed E-state index contributed by atoms with van der Waals surface area (Å²) in [6.07, 6.45) is -5.65. The number of benzene rings is 2. The first kappa shape index (κ1) is 20.8. The van der Waals surface area contributed by atoms with Gasteiger partial charge in [0, 0.05) is 18.3 Å². The lowest BCUT2D eigenvalue weighted by Gasteiger charge is -2.25. The summed E-state index contributed by atoms with van der Waals surface area (Å²) < 4.78 is 37.9. The van der Waals surface area contributed by atoms with Crippen molar-refractivity contribution in [3.05, 3.63) is 65.7 Å². The van der Waals surface area contributed by atoms with Gasteiger partial charge in [-0.15, -0.1) is 0 Å². The first-order valence-electron chi connectivity index (χ1n) is 8.63. The maximum absolute atomic E-state index is 12.6. The summed E-state index contributed by atoms with van der Waals surface area (Å²) in [5.41, 5.74) is 0.305. The van der Waals surface area contributed by atoms with Gasteiger partial charge in [-0.05, 0) is 35.7 Å². The molecule has 1 amide bonds. The fourth-order valence-corrected chi connectivity index (χ4v) is 2.52. The van der Waals surface area contributed by atoms with Crippen LogP contribution >= 0.6 is 0 Å². The molecule has 2 atom stereocenters. The van der Waals surface area contributed by atoms with Gasteiger partial charge >= 0.3 is 6.18 Å². The van der Waals surface area contributed by atoms with Gasteiger partial charge in [0.05, 0.1) is 5.56 Å². The molecule has 4 nitrogen and oxygen atoms in total. The van der Waals surface area contributed by atoms with Crippen molar-refractivity contribution in [1.29, 1.82) is 0 Å². The van der Waals surface area contributed by atoms with Crippen LogP contribution in [0.25, 0.3) is 0 Å². The molecule has 0 saturated heterocycles. The Kier molecular flexibility index (Phi) is 6.85. The molecule has 7 heteroatoms. The quantitative estimate of drug-likeness (QED) is 0.681. The van der Waals surface area contributed by atoms with Gasteiger partial charge in [-0.1, -0.05) is 44.2 Å². The summed E-state index contributed by atoms with van der Waals surface area (Å²) in [7, 11) is 0. The third kappa shape index (κ3) is 5.99. The molecule has 0 aliphatic rings. The van der Waals surface area contributed by atoms with Crippen LogP contribution in [0, 0.1) is 5.92 Å². The van der Waals surface area contributed by atoms with E-state index in [-0.39, 0.29) is 18.5 Å². The number of carbonyl (C=O) groups excluding carboxylic acids is 1. The molecular weight excluding hydrogens is 357 g/mol. The second-order valence-corrected chi connectivity index (χ2v) is 6.63. The molecule has 0 spiro atoms. The number of nitrogens with one attached hydrogen (secondary N) is 2. The zero-order chi connectivity index (χ0) is 20.0. The molecule has 146 valence electrons. The smallest absolute Gasteiger partial charge is 0.380 e. The lowest BCUT2D eigenvalue weighted by molar-refractivity contribution is -0.137. The molecule has 2 aromatic carbocycles. The molecule has 0 heterocycles. The molecule has 2 rings (SSSR count). The van der Waals surface area contributed by atoms with Crippen molar-refractivity contribution in [2.45, 2.75) is 32.2 Å². The van der Waals surface area contributed by atoms with Gasteiger partial charge in [-0.25, -0.2) is 0 Å². The average molecular weight is 380 g/mol. The first-order valence-corrected chi connectivity index (χ1v) is 8.63. The molecule has 0 aromatic heterocycles. The van der Waals surface area contributed by atoms with E-state index in [4.69, 9.17) is 0 Å². The Balaban J connectivity index is 1.96. The topological polar surface area (TPSA) is 61.4 Å². The number of carbonyl (C=O) groups is 1. The number of hydrogen-bond acceptors (Lipinski definition) is 3. The molecular formula is C20H23F3N2O2. The maximum Gasteiger partial charge on any atom is 0.416 e. The number of amides is 1. The highest BCUT2D eigenvalue weighted by atomic mass is 19.4. The predicted octanol–water partition coefficient (Wildman–Crippen LogP) is 3.99. The molecule has 2 aromatic rings. The summed E-state index contributed by atoms with van der Waals surface area (Å²) in [5.74, 6) is -0.428. The summed E-state index contributed by atoms with van der Waals surface area (Å²) in [6.45, 7) is 4.09. The van der Waals surface area contributed by atoms with E-state index in [1.807, 2.05) is 13.8 Å². The Bertz CT molecular complexity index is 731. The molecule has 0 fully saturated rings. The minimum Gasteiger partial charge on any atom is -0.380 e. The van der Waals surface area contributed by atoms with Crippen LogP contribution in [0.15, 0.2) is 54.6 Å². The molecule has 0 saturated carbocycles. The standard InChI is InChI=1S/C20H23F3N2O2/c1-13(2)17(25-16-10-8-15(9-11-16)20(21,22)23)12-24-19(27)18(26)14-6-4-3-5-7-14/h3-11,13,17-18,25-26H,12H2,1-2H3,(H,24,27)/t17-,18-/m0/s1. The molecule has 0 aliphatic carbocycles. The van der Waals surface area contributed by atoms with Gasteiger partial charge in [0.1, 0.15) is 0 Å². The van der Waals surface area contributed by atoms with E-state index in [9.17, 15) is 23.1 Å². The third-order valence-electron chi connectivity index (χ3n) is 4.23. The van der Waals surface area contributed by atoms with E-state index >= 15 is 0 Å². The van der Waals surface area contributed by atoms with Crippen LogP contribution in [0.2, 0.25) is 0 Å². The molecule has 3 N–H and O–H groups in total. The monoisotopic (exact) mass is 380 g/mol. The first-order chi connectivity index (χ1) is 12.7. The normalized spacial score (nSPS) is 13.9. The molecule has 0 bridgehead atoms. The molecule has 27 heavy (non-hydrogen) atoms. The van der Waals surface area contributed by atoms with Crippen molar-refractivity contribution >= 4 is 11.6 Å². The Morgan fingerprint density at radius 2 is 1.63 bits per heavy atom. The van der Waals surface area contributed by atoms with Gasteiger partial charge < -0.3 is 15.7 Å². The number of alkyl halides is 3. The lowest BCUT2D eigenvalue weighted by Crippen LogP contribution is -2.41.